The molecule has 9 heteroatoms. The summed E-state index contributed by atoms with van der Waals surface area (Å²) >= 11 is 0. The van der Waals surface area contributed by atoms with Crippen LogP contribution < -0.4 is 0 Å². The molecule has 0 aromatic heterocycles. The van der Waals surface area contributed by atoms with E-state index in [-0.39, 0.29) is 35.3 Å². The molecule has 0 aliphatic carbocycles. The van der Waals surface area contributed by atoms with Crippen LogP contribution in [0.5, 0.6) is 0 Å². The van der Waals surface area contributed by atoms with Crippen LogP contribution in [-0.4, -0.2) is 67.7 Å². The van der Waals surface area contributed by atoms with Crippen molar-refractivity contribution in [1.29, 1.82) is 0 Å². The quantitative estimate of drug-likeness (QED) is 0.779. The van der Waals surface area contributed by atoms with Gasteiger partial charge in [-0.1, -0.05) is 0 Å². The molecule has 3 rings (SSSR count). The van der Waals surface area contributed by atoms with Gasteiger partial charge in [0.1, 0.15) is 0 Å². The third-order valence-corrected chi connectivity index (χ3v) is 6.71. The Morgan fingerprint density at radius 3 is 2.27 bits per heavy atom. The first kappa shape index (κ1) is 18.8. The molecule has 2 heterocycles. The van der Waals surface area contributed by atoms with E-state index >= 15 is 0 Å². The Morgan fingerprint density at radius 2 is 1.69 bits per heavy atom. The summed E-state index contributed by atoms with van der Waals surface area (Å²) in [6, 6.07) is 3.02. The van der Waals surface area contributed by atoms with E-state index in [4.69, 9.17) is 0 Å². The first-order valence-corrected chi connectivity index (χ1v) is 10.3. The zero-order chi connectivity index (χ0) is 18.9. The van der Waals surface area contributed by atoms with E-state index < -0.39 is 27.4 Å². The van der Waals surface area contributed by atoms with Crippen molar-refractivity contribution in [2.45, 2.75) is 12.8 Å². The Kier molecular flexibility index (Phi) is 5.27. The van der Waals surface area contributed by atoms with Crippen LogP contribution >= 0.6 is 0 Å². The molecule has 26 heavy (non-hydrogen) atoms. The number of sulfone groups is 1. The van der Waals surface area contributed by atoms with Crippen molar-refractivity contribution in [2.75, 3.05) is 37.7 Å². The minimum atomic E-state index is -3.01. The molecular weight excluding hydrogens is 366 g/mol. The third-order valence-electron chi connectivity index (χ3n) is 4.88. The zero-order valence-corrected chi connectivity index (χ0v) is 15.0. The fourth-order valence-electron chi connectivity index (χ4n) is 3.38. The first-order valence-electron chi connectivity index (χ1n) is 8.48. The first-order chi connectivity index (χ1) is 12.2. The van der Waals surface area contributed by atoms with Gasteiger partial charge in [0.25, 0.3) is 5.91 Å². The monoisotopic (exact) mass is 386 g/mol. The summed E-state index contributed by atoms with van der Waals surface area (Å²) in [5.74, 6) is -2.52. The molecule has 2 aliphatic rings. The Labute approximate surface area is 150 Å². The Hall–Kier alpha value is -2.03. The number of hydrogen-bond donors (Lipinski definition) is 0. The molecule has 0 spiro atoms. The van der Waals surface area contributed by atoms with Crippen molar-refractivity contribution in [3.63, 3.8) is 0 Å². The van der Waals surface area contributed by atoms with Crippen molar-refractivity contribution in [2.24, 2.45) is 5.92 Å². The molecule has 0 radical (unpaired) electrons. The number of piperazine rings is 1. The van der Waals surface area contributed by atoms with Crippen LogP contribution in [0.15, 0.2) is 18.2 Å². The molecule has 2 aliphatic heterocycles. The van der Waals surface area contributed by atoms with E-state index in [0.29, 0.717) is 32.6 Å². The molecule has 1 aromatic carbocycles. The van der Waals surface area contributed by atoms with Gasteiger partial charge in [0.2, 0.25) is 5.91 Å². The number of carbonyl (C=O) groups is 2. The molecule has 2 fully saturated rings. The predicted molar refractivity (Wildman–Crippen MR) is 90.2 cm³/mol. The number of rotatable bonds is 3. The van der Waals surface area contributed by atoms with Gasteiger partial charge in [0.15, 0.2) is 21.5 Å². The molecule has 1 unspecified atom stereocenters. The largest absolute Gasteiger partial charge is 0.339 e. The summed E-state index contributed by atoms with van der Waals surface area (Å²) in [4.78, 5) is 27.8. The zero-order valence-electron chi connectivity index (χ0n) is 14.2. The average molecular weight is 386 g/mol. The highest BCUT2D eigenvalue weighted by Crippen LogP contribution is 2.23. The molecule has 0 N–H and O–H groups in total. The molecular formula is C17H20F2N2O4S. The van der Waals surface area contributed by atoms with Crippen LogP contribution in [0.4, 0.5) is 8.78 Å². The van der Waals surface area contributed by atoms with Gasteiger partial charge in [-0.15, -0.1) is 0 Å². The van der Waals surface area contributed by atoms with Crippen molar-refractivity contribution >= 4 is 21.7 Å². The van der Waals surface area contributed by atoms with E-state index in [1.54, 1.807) is 4.90 Å². The summed E-state index contributed by atoms with van der Waals surface area (Å²) in [6.45, 7) is 1.28. The Balaban J connectivity index is 1.53. The van der Waals surface area contributed by atoms with Gasteiger partial charge in [-0.2, -0.15) is 0 Å². The number of nitrogens with zero attached hydrogens (tertiary/aromatic N) is 2. The molecule has 1 aromatic rings. The van der Waals surface area contributed by atoms with Crippen LogP contribution in [0.3, 0.4) is 0 Å². The van der Waals surface area contributed by atoms with Crippen molar-refractivity contribution in [3.8, 4) is 0 Å². The summed E-state index contributed by atoms with van der Waals surface area (Å²) in [5.41, 5.74) is 0.0693. The maximum absolute atomic E-state index is 13.3. The van der Waals surface area contributed by atoms with Crippen LogP contribution in [0.2, 0.25) is 0 Å². The van der Waals surface area contributed by atoms with E-state index in [1.165, 1.54) is 11.0 Å². The second kappa shape index (κ2) is 7.30. The lowest BCUT2D eigenvalue weighted by Gasteiger charge is -2.35. The van der Waals surface area contributed by atoms with Crippen molar-refractivity contribution in [3.05, 3.63) is 35.4 Å². The summed E-state index contributed by atoms with van der Waals surface area (Å²) in [7, 11) is -3.01. The standard InChI is InChI=1S/C17H20F2N2O4S/c18-14-2-1-13(10-15(14)19)17(23)21-6-4-20(5-7-21)16(22)9-12-3-8-26(24,25)11-12/h1-2,10,12H,3-9,11H2. The highest BCUT2D eigenvalue weighted by molar-refractivity contribution is 7.91. The topological polar surface area (TPSA) is 74.8 Å². The fourth-order valence-corrected chi connectivity index (χ4v) is 5.24. The van der Waals surface area contributed by atoms with E-state index in [0.717, 1.165) is 12.1 Å². The lowest BCUT2D eigenvalue weighted by molar-refractivity contribution is -0.133. The Morgan fingerprint density at radius 1 is 1.04 bits per heavy atom. The second-order valence-electron chi connectivity index (χ2n) is 6.78. The number of halogens is 2. The summed E-state index contributed by atoms with van der Waals surface area (Å²) in [6.07, 6.45) is 0.721. The van der Waals surface area contributed by atoms with Crippen molar-refractivity contribution in [1.82, 2.24) is 9.80 Å². The lowest BCUT2D eigenvalue weighted by Crippen LogP contribution is -2.50. The summed E-state index contributed by atoms with van der Waals surface area (Å²) in [5, 5.41) is 0. The maximum atomic E-state index is 13.3. The predicted octanol–water partition coefficient (Wildman–Crippen LogP) is 1.07. The van der Waals surface area contributed by atoms with Gasteiger partial charge in [0, 0.05) is 38.2 Å². The highest BCUT2D eigenvalue weighted by atomic mass is 32.2. The molecule has 1 atom stereocenters. The number of hydrogen-bond acceptors (Lipinski definition) is 4. The van der Waals surface area contributed by atoms with Crippen LogP contribution in [0.1, 0.15) is 23.2 Å². The lowest BCUT2D eigenvalue weighted by atomic mass is 10.0. The third kappa shape index (κ3) is 4.20. The minimum Gasteiger partial charge on any atom is -0.339 e. The molecule has 2 saturated heterocycles. The van der Waals surface area contributed by atoms with Gasteiger partial charge in [-0.25, -0.2) is 17.2 Å². The van der Waals surface area contributed by atoms with Crippen molar-refractivity contribution < 1.29 is 26.8 Å². The number of carbonyl (C=O) groups excluding carboxylic acids is 2. The van der Waals surface area contributed by atoms with Gasteiger partial charge in [-0.3, -0.25) is 9.59 Å². The SMILES string of the molecule is O=C(CC1CCS(=O)(=O)C1)N1CCN(C(=O)c2ccc(F)c(F)c2)CC1. The second-order valence-corrected chi connectivity index (χ2v) is 9.00. The van der Waals surface area contributed by atoms with Crippen LogP contribution in [0, 0.1) is 17.6 Å². The van der Waals surface area contributed by atoms with E-state index in [9.17, 15) is 26.8 Å². The Bertz CT molecular complexity index is 820. The normalized spacial score (nSPS) is 22.5. The highest BCUT2D eigenvalue weighted by Gasteiger charge is 2.32. The number of benzene rings is 1. The average Bonchev–Trinajstić information content (AvgIpc) is 2.95. The molecule has 2 amide bonds. The van der Waals surface area contributed by atoms with Crippen LogP contribution in [-0.2, 0) is 14.6 Å². The van der Waals surface area contributed by atoms with Gasteiger partial charge in [-0.05, 0) is 30.5 Å². The molecule has 6 nitrogen and oxygen atoms in total. The van der Waals surface area contributed by atoms with Gasteiger partial charge < -0.3 is 9.80 Å². The van der Waals surface area contributed by atoms with Crippen LogP contribution in [0.25, 0.3) is 0 Å². The van der Waals surface area contributed by atoms with E-state index in [1.807, 2.05) is 0 Å². The van der Waals surface area contributed by atoms with E-state index in [2.05, 4.69) is 0 Å². The molecule has 0 saturated carbocycles. The smallest absolute Gasteiger partial charge is 0.254 e. The minimum absolute atomic E-state index is 0.0628. The maximum Gasteiger partial charge on any atom is 0.254 e. The molecule has 0 bridgehead atoms. The molecule has 142 valence electrons. The van der Waals surface area contributed by atoms with Gasteiger partial charge in [0.05, 0.1) is 11.5 Å². The summed E-state index contributed by atoms with van der Waals surface area (Å²) < 4.78 is 49.2. The van der Waals surface area contributed by atoms with Gasteiger partial charge >= 0.3 is 0 Å². The fraction of sp³-hybridized carbons (Fsp3) is 0.529. The number of amides is 2.